The number of rotatable bonds is 4. The summed E-state index contributed by atoms with van der Waals surface area (Å²) in [5.41, 5.74) is 0.317. The standard InChI is InChI=1S/C18H19FN2O3/c1-23-17-5-4-13(11-16(17)19)18(22)21-10-2-3-15(12-21)24-14-6-8-20-9-7-14/h4-9,11,15H,2-3,10,12H2,1H3/t15-/m1/s1. The number of hydrogen-bond donors (Lipinski definition) is 0. The van der Waals surface area contributed by atoms with Crippen molar-refractivity contribution in [1.82, 2.24) is 9.88 Å². The van der Waals surface area contributed by atoms with Crippen LogP contribution in [-0.4, -0.2) is 42.1 Å². The number of carbonyl (C=O) groups excluding carboxylic acids is 1. The van der Waals surface area contributed by atoms with Gasteiger partial charge in [0.1, 0.15) is 11.9 Å². The minimum Gasteiger partial charge on any atom is -0.494 e. The van der Waals surface area contributed by atoms with E-state index in [2.05, 4.69) is 4.98 Å². The van der Waals surface area contributed by atoms with Crippen molar-refractivity contribution in [3.8, 4) is 11.5 Å². The number of likely N-dealkylation sites (tertiary alicyclic amines) is 1. The van der Waals surface area contributed by atoms with Crippen molar-refractivity contribution in [2.45, 2.75) is 18.9 Å². The summed E-state index contributed by atoms with van der Waals surface area (Å²) in [6.07, 6.45) is 4.99. The van der Waals surface area contributed by atoms with Crippen LogP contribution in [0.3, 0.4) is 0 Å². The van der Waals surface area contributed by atoms with Crippen molar-refractivity contribution in [3.63, 3.8) is 0 Å². The van der Waals surface area contributed by atoms with E-state index >= 15 is 0 Å². The first-order valence-corrected chi connectivity index (χ1v) is 7.87. The van der Waals surface area contributed by atoms with Crippen molar-refractivity contribution in [2.24, 2.45) is 0 Å². The molecule has 1 fully saturated rings. The zero-order valence-corrected chi connectivity index (χ0v) is 13.4. The Hall–Kier alpha value is -2.63. The third-order valence-electron chi connectivity index (χ3n) is 4.02. The third kappa shape index (κ3) is 3.64. The number of amides is 1. The normalized spacial score (nSPS) is 17.4. The van der Waals surface area contributed by atoms with Gasteiger partial charge in [0.25, 0.3) is 5.91 Å². The molecule has 0 aliphatic carbocycles. The minimum atomic E-state index is -0.537. The minimum absolute atomic E-state index is 0.0757. The second-order valence-corrected chi connectivity index (χ2v) is 5.67. The maximum absolute atomic E-state index is 13.8. The third-order valence-corrected chi connectivity index (χ3v) is 4.02. The molecule has 0 saturated carbocycles. The summed E-state index contributed by atoms with van der Waals surface area (Å²) in [6, 6.07) is 7.85. The number of methoxy groups -OCH3 is 1. The molecule has 2 heterocycles. The molecule has 1 aromatic carbocycles. The van der Waals surface area contributed by atoms with E-state index in [1.54, 1.807) is 35.5 Å². The summed E-state index contributed by atoms with van der Waals surface area (Å²) in [4.78, 5) is 18.3. The van der Waals surface area contributed by atoms with E-state index in [4.69, 9.17) is 9.47 Å². The highest BCUT2D eigenvalue weighted by atomic mass is 19.1. The second kappa shape index (κ2) is 7.29. The lowest BCUT2D eigenvalue weighted by Gasteiger charge is -2.33. The lowest BCUT2D eigenvalue weighted by Crippen LogP contribution is -2.44. The van der Waals surface area contributed by atoms with E-state index in [0.717, 1.165) is 18.6 Å². The van der Waals surface area contributed by atoms with Crippen molar-refractivity contribution in [2.75, 3.05) is 20.2 Å². The van der Waals surface area contributed by atoms with Gasteiger partial charge in [-0.25, -0.2) is 4.39 Å². The van der Waals surface area contributed by atoms with Crippen LogP contribution in [-0.2, 0) is 0 Å². The molecule has 6 heteroatoms. The SMILES string of the molecule is COc1ccc(C(=O)N2CCC[C@@H](Oc3ccncc3)C2)cc1F. The summed E-state index contributed by atoms with van der Waals surface area (Å²) in [7, 11) is 1.39. The first-order valence-electron chi connectivity index (χ1n) is 7.87. The number of carbonyl (C=O) groups is 1. The van der Waals surface area contributed by atoms with Crippen LogP contribution in [0.15, 0.2) is 42.7 Å². The average molecular weight is 330 g/mol. The van der Waals surface area contributed by atoms with Crippen molar-refractivity contribution < 1.29 is 18.7 Å². The van der Waals surface area contributed by atoms with Crippen LogP contribution in [0.1, 0.15) is 23.2 Å². The topological polar surface area (TPSA) is 51.7 Å². The number of pyridine rings is 1. The fourth-order valence-electron chi connectivity index (χ4n) is 2.81. The van der Waals surface area contributed by atoms with Crippen LogP contribution >= 0.6 is 0 Å². The number of piperidine rings is 1. The average Bonchev–Trinajstić information content (AvgIpc) is 2.62. The maximum Gasteiger partial charge on any atom is 0.254 e. The van der Waals surface area contributed by atoms with Crippen molar-refractivity contribution >= 4 is 5.91 Å². The predicted molar refractivity (Wildman–Crippen MR) is 86.7 cm³/mol. The summed E-state index contributed by atoms with van der Waals surface area (Å²) < 4.78 is 24.6. The smallest absolute Gasteiger partial charge is 0.254 e. The summed E-state index contributed by atoms with van der Waals surface area (Å²) in [5, 5.41) is 0. The van der Waals surface area contributed by atoms with E-state index in [-0.39, 0.29) is 17.8 Å². The van der Waals surface area contributed by atoms with Crippen LogP contribution in [0.25, 0.3) is 0 Å². The Labute approximate surface area is 140 Å². The fraction of sp³-hybridized carbons (Fsp3) is 0.333. The van der Waals surface area contributed by atoms with Gasteiger partial charge in [-0.2, -0.15) is 0 Å². The fourth-order valence-corrected chi connectivity index (χ4v) is 2.81. The second-order valence-electron chi connectivity index (χ2n) is 5.67. The van der Waals surface area contributed by atoms with Gasteiger partial charge in [0.05, 0.1) is 13.7 Å². The summed E-state index contributed by atoms with van der Waals surface area (Å²) in [6.45, 7) is 1.12. The highest BCUT2D eigenvalue weighted by Crippen LogP contribution is 2.22. The molecule has 0 spiro atoms. The zero-order chi connectivity index (χ0) is 16.9. The van der Waals surface area contributed by atoms with E-state index in [0.29, 0.717) is 18.7 Å². The molecule has 1 aliphatic rings. The molecule has 0 radical (unpaired) electrons. The monoisotopic (exact) mass is 330 g/mol. The molecule has 24 heavy (non-hydrogen) atoms. The quantitative estimate of drug-likeness (QED) is 0.865. The Morgan fingerprint density at radius 2 is 2.08 bits per heavy atom. The van der Waals surface area contributed by atoms with Gasteiger partial charge in [-0.05, 0) is 43.2 Å². The zero-order valence-electron chi connectivity index (χ0n) is 13.4. The number of halogens is 1. The molecular weight excluding hydrogens is 311 g/mol. The molecule has 5 nitrogen and oxygen atoms in total. The lowest BCUT2D eigenvalue weighted by atomic mass is 10.1. The van der Waals surface area contributed by atoms with E-state index < -0.39 is 5.82 Å². The van der Waals surface area contributed by atoms with Gasteiger partial charge < -0.3 is 14.4 Å². The van der Waals surface area contributed by atoms with Gasteiger partial charge in [0, 0.05) is 24.5 Å². The molecule has 3 rings (SSSR count). The van der Waals surface area contributed by atoms with Crippen LogP contribution in [0.2, 0.25) is 0 Å². The van der Waals surface area contributed by atoms with Gasteiger partial charge in [-0.3, -0.25) is 9.78 Å². The van der Waals surface area contributed by atoms with Gasteiger partial charge in [0.15, 0.2) is 11.6 Å². The van der Waals surface area contributed by atoms with Crippen LogP contribution in [0.4, 0.5) is 4.39 Å². The molecule has 1 amide bonds. The Morgan fingerprint density at radius 3 is 2.79 bits per heavy atom. The Bertz CT molecular complexity index is 709. The van der Waals surface area contributed by atoms with E-state index in [1.165, 1.54) is 19.2 Å². The number of hydrogen-bond acceptors (Lipinski definition) is 4. The lowest BCUT2D eigenvalue weighted by molar-refractivity contribution is 0.0537. The molecule has 1 aliphatic heterocycles. The molecule has 2 aromatic rings. The number of ether oxygens (including phenoxy) is 2. The van der Waals surface area contributed by atoms with Gasteiger partial charge >= 0.3 is 0 Å². The van der Waals surface area contributed by atoms with E-state index in [1.807, 2.05) is 0 Å². The molecule has 0 bridgehead atoms. The highest BCUT2D eigenvalue weighted by molar-refractivity contribution is 5.94. The molecule has 1 saturated heterocycles. The molecule has 1 atom stereocenters. The number of nitrogens with zero attached hydrogens (tertiary/aromatic N) is 2. The molecule has 0 unspecified atom stereocenters. The number of aromatic nitrogens is 1. The van der Waals surface area contributed by atoms with Gasteiger partial charge in [-0.1, -0.05) is 0 Å². The van der Waals surface area contributed by atoms with Gasteiger partial charge in [-0.15, -0.1) is 0 Å². The highest BCUT2D eigenvalue weighted by Gasteiger charge is 2.26. The first-order chi connectivity index (χ1) is 11.7. The van der Waals surface area contributed by atoms with Crippen LogP contribution in [0.5, 0.6) is 11.5 Å². The first kappa shape index (κ1) is 16.2. The van der Waals surface area contributed by atoms with Crippen LogP contribution in [0, 0.1) is 5.82 Å². The van der Waals surface area contributed by atoms with Crippen molar-refractivity contribution in [1.29, 1.82) is 0 Å². The molecule has 0 N–H and O–H groups in total. The predicted octanol–water partition coefficient (Wildman–Crippen LogP) is 2.91. The molecule has 1 aromatic heterocycles. The van der Waals surface area contributed by atoms with Crippen LogP contribution < -0.4 is 9.47 Å². The Morgan fingerprint density at radius 1 is 1.29 bits per heavy atom. The van der Waals surface area contributed by atoms with E-state index in [9.17, 15) is 9.18 Å². The number of benzene rings is 1. The van der Waals surface area contributed by atoms with Crippen molar-refractivity contribution in [3.05, 3.63) is 54.1 Å². The maximum atomic E-state index is 13.8. The largest absolute Gasteiger partial charge is 0.494 e. The Balaban J connectivity index is 1.67. The summed E-state index contributed by atoms with van der Waals surface area (Å²) >= 11 is 0. The summed E-state index contributed by atoms with van der Waals surface area (Å²) in [5.74, 6) is 0.133. The van der Waals surface area contributed by atoms with Gasteiger partial charge in [0.2, 0.25) is 0 Å². The molecule has 126 valence electrons. The molecular formula is C18H19FN2O3. The Kier molecular flexibility index (Phi) is 4.93.